The second kappa shape index (κ2) is 11.0. The van der Waals surface area contributed by atoms with Crippen molar-refractivity contribution in [3.05, 3.63) is 57.9 Å². The number of piperidine rings is 1. The van der Waals surface area contributed by atoms with Gasteiger partial charge in [-0.3, -0.25) is 9.36 Å². The van der Waals surface area contributed by atoms with Crippen LogP contribution in [0.2, 0.25) is 5.02 Å². The van der Waals surface area contributed by atoms with Crippen LogP contribution in [0.25, 0.3) is 10.9 Å². The molecule has 2 fully saturated rings. The Morgan fingerprint density at radius 3 is 2.74 bits per heavy atom. The van der Waals surface area contributed by atoms with Crippen LogP contribution in [-0.4, -0.2) is 62.6 Å². The second-order valence-corrected chi connectivity index (χ2v) is 12.7. The molecule has 2 aromatic heterocycles. The molecule has 9 nitrogen and oxygen atoms in total. The topological polar surface area (TPSA) is 108 Å². The predicted octanol–water partition coefficient (Wildman–Crippen LogP) is 4.04. The number of halogens is 2. The summed E-state index contributed by atoms with van der Waals surface area (Å²) in [5.41, 5.74) is 8.10. The molecule has 2 atom stereocenters. The molecule has 0 aliphatic carbocycles. The zero-order chi connectivity index (χ0) is 26.3. The highest BCUT2D eigenvalue weighted by Gasteiger charge is 2.48. The van der Waals surface area contributed by atoms with Crippen LogP contribution in [-0.2, 0) is 16.0 Å². The maximum Gasteiger partial charge on any atom is 0.263 e. The van der Waals surface area contributed by atoms with Crippen LogP contribution in [0.15, 0.2) is 57.2 Å². The van der Waals surface area contributed by atoms with Gasteiger partial charge in [0.05, 0.1) is 54.5 Å². The average Bonchev–Trinajstić information content (AvgIpc) is 3.21. The molecule has 6 rings (SSSR count). The maximum atomic E-state index is 13.3. The van der Waals surface area contributed by atoms with Crippen molar-refractivity contribution >= 4 is 62.7 Å². The van der Waals surface area contributed by atoms with Gasteiger partial charge in [0, 0.05) is 36.0 Å². The zero-order valence-electron chi connectivity index (χ0n) is 20.7. The van der Waals surface area contributed by atoms with Crippen molar-refractivity contribution in [2.24, 2.45) is 11.1 Å². The number of nitrogens with zero attached hydrogens (tertiary/aromatic N) is 5. The number of fused-ring (bicyclic) bond motifs is 1. The second-order valence-electron chi connectivity index (χ2n) is 9.99. The van der Waals surface area contributed by atoms with E-state index in [4.69, 9.17) is 26.8 Å². The van der Waals surface area contributed by atoms with Crippen molar-refractivity contribution in [1.29, 1.82) is 0 Å². The van der Waals surface area contributed by atoms with Gasteiger partial charge < -0.3 is 20.1 Å². The third-order valence-electron chi connectivity index (χ3n) is 7.76. The van der Waals surface area contributed by atoms with Gasteiger partial charge >= 0.3 is 0 Å². The Balaban J connectivity index is 1.17. The molecule has 0 unspecified atom stereocenters. The number of benzene rings is 1. The minimum Gasteiger partial charge on any atom is -0.377 e. The SMILES string of the molecule is N[C@@H]1[C@H](I)OCC12CCN(c1cnc(Sc3ccc4ncn(CC5=CCOCC5)c(=O)c4c3Cl)cn1)CC2. The number of alkyl halides is 1. The number of nitrogens with two attached hydrogens (primary N) is 1. The van der Waals surface area contributed by atoms with Gasteiger partial charge in [0.1, 0.15) is 15.0 Å². The molecule has 38 heavy (non-hydrogen) atoms. The van der Waals surface area contributed by atoms with Gasteiger partial charge in [-0.25, -0.2) is 15.0 Å². The van der Waals surface area contributed by atoms with Crippen LogP contribution in [0.3, 0.4) is 0 Å². The highest BCUT2D eigenvalue weighted by molar-refractivity contribution is 14.1. The third kappa shape index (κ3) is 5.08. The Morgan fingerprint density at radius 2 is 2.05 bits per heavy atom. The Kier molecular flexibility index (Phi) is 7.66. The zero-order valence-corrected chi connectivity index (χ0v) is 24.4. The first kappa shape index (κ1) is 26.5. The van der Waals surface area contributed by atoms with Crippen LogP contribution >= 0.6 is 46.0 Å². The first-order valence-corrected chi connectivity index (χ1v) is 15.1. The van der Waals surface area contributed by atoms with Crippen LogP contribution in [0, 0.1) is 5.41 Å². The molecular weight excluding hydrogens is 639 g/mol. The minimum atomic E-state index is -0.152. The molecule has 1 spiro atoms. The van der Waals surface area contributed by atoms with E-state index in [0.29, 0.717) is 40.7 Å². The highest BCUT2D eigenvalue weighted by Crippen LogP contribution is 2.43. The number of aromatic nitrogens is 4. The lowest BCUT2D eigenvalue weighted by atomic mass is 9.75. The smallest absolute Gasteiger partial charge is 0.263 e. The number of rotatable bonds is 5. The van der Waals surface area contributed by atoms with Crippen molar-refractivity contribution in [2.75, 3.05) is 37.8 Å². The lowest BCUT2D eigenvalue weighted by molar-refractivity contribution is 0.127. The molecule has 0 amide bonds. The van der Waals surface area contributed by atoms with Crippen molar-refractivity contribution < 1.29 is 9.47 Å². The summed E-state index contributed by atoms with van der Waals surface area (Å²) in [6.45, 7) is 4.22. The van der Waals surface area contributed by atoms with E-state index in [1.54, 1.807) is 23.3 Å². The van der Waals surface area contributed by atoms with Gasteiger partial charge in [0.2, 0.25) is 0 Å². The van der Waals surface area contributed by atoms with Crippen LogP contribution in [0.4, 0.5) is 5.82 Å². The van der Waals surface area contributed by atoms with E-state index in [1.807, 2.05) is 18.2 Å². The van der Waals surface area contributed by atoms with Gasteiger partial charge in [0.25, 0.3) is 5.56 Å². The van der Waals surface area contributed by atoms with Crippen LogP contribution in [0.1, 0.15) is 19.3 Å². The number of hydrogen-bond donors (Lipinski definition) is 1. The molecule has 3 aliphatic rings. The third-order valence-corrected chi connectivity index (χ3v) is 10.4. The summed E-state index contributed by atoms with van der Waals surface area (Å²) in [4.78, 5) is 30.1. The van der Waals surface area contributed by atoms with Gasteiger partial charge in [-0.2, -0.15) is 0 Å². The first-order valence-electron chi connectivity index (χ1n) is 12.6. The van der Waals surface area contributed by atoms with Crippen molar-refractivity contribution in [1.82, 2.24) is 19.5 Å². The molecule has 2 N–H and O–H groups in total. The van der Waals surface area contributed by atoms with E-state index in [-0.39, 0.29) is 21.1 Å². The van der Waals surface area contributed by atoms with Gasteiger partial charge in [-0.15, -0.1) is 0 Å². The number of ether oxygens (including phenoxy) is 2. The van der Waals surface area contributed by atoms with Gasteiger partial charge in [-0.05, 0) is 59.6 Å². The van der Waals surface area contributed by atoms with Crippen molar-refractivity contribution in [3.8, 4) is 0 Å². The molecule has 0 saturated carbocycles. The average molecular weight is 667 g/mol. The molecule has 3 aromatic rings. The van der Waals surface area contributed by atoms with E-state index in [0.717, 1.165) is 55.2 Å². The van der Waals surface area contributed by atoms with E-state index >= 15 is 0 Å². The predicted molar refractivity (Wildman–Crippen MR) is 156 cm³/mol. The summed E-state index contributed by atoms with van der Waals surface area (Å²) in [6, 6.07) is 3.77. The standard InChI is InChI=1S/C26H28ClIN6O3S/c27-22-18(2-1-17-21(22)25(35)34(15-32-17)13-16-3-9-36-10-4-16)38-20-12-30-19(11-31-20)33-7-5-26(6-8-33)14-37-24(28)23(26)29/h1-3,11-12,15,23-24H,4-10,13-14,29H2/t23-,24-/m1/s1. The normalized spacial score (nSPS) is 23.2. The summed E-state index contributed by atoms with van der Waals surface area (Å²) in [5.74, 6) is 0.849. The lowest BCUT2D eigenvalue weighted by Crippen LogP contribution is -2.50. The maximum absolute atomic E-state index is 13.3. The highest BCUT2D eigenvalue weighted by atomic mass is 127. The lowest BCUT2D eigenvalue weighted by Gasteiger charge is -2.41. The van der Waals surface area contributed by atoms with E-state index in [1.165, 1.54) is 11.8 Å². The first-order chi connectivity index (χ1) is 18.4. The summed E-state index contributed by atoms with van der Waals surface area (Å²) in [6.07, 6.45) is 9.94. The quantitative estimate of drug-likeness (QED) is 0.245. The molecule has 5 heterocycles. The van der Waals surface area contributed by atoms with E-state index < -0.39 is 0 Å². The molecule has 1 aromatic carbocycles. The molecule has 200 valence electrons. The molecule has 0 radical (unpaired) electrons. The minimum absolute atomic E-state index is 0.0631. The molecule has 2 saturated heterocycles. The Labute approximate surface area is 243 Å². The summed E-state index contributed by atoms with van der Waals surface area (Å²) in [7, 11) is 0. The molecule has 3 aliphatic heterocycles. The number of anilines is 1. The fraction of sp³-hybridized carbons (Fsp3) is 0.462. The Bertz CT molecular complexity index is 1430. The van der Waals surface area contributed by atoms with Crippen LogP contribution < -0.4 is 16.2 Å². The summed E-state index contributed by atoms with van der Waals surface area (Å²) >= 11 is 10.4. The van der Waals surface area contributed by atoms with Gasteiger partial charge in [0.15, 0.2) is 0 Å². The molecular formula is C26H28ClIN6O3S. The summed E-state index contributed by atoms with van der Waals surface area (Å²) in [5, 5.41) is 1.51. The van der Waals surface area contributed by atoms with E-state index in [2.05, 4.69) is 42.4 Å². The van der Waals surface area contributed by atoms with Gasteiger partial charge in [-0.1, -0.05) is 29.4 Å². The molecule has 12 heteroatoms. The number of hydrogen-bond acceptors (Lipinski definition) is 9. The van der Waals surface area contributed by atoms with Crippen molar-refractivity contribution in [3.63, 3.8) is 0 Å². The molecule has 0 bridgehead atoms. The Hall–Kier alpha value is -1.77. The van der Waals surface area contributed by atoms with Crippen molar-refractivity contribution in [2.45, 2.75) is 45.9 Å². The largest absolute Gasteiger partial charge is 0.377 e. The monoisotopic (exact) mass is 666 g/mol. The fourth-order valence-electron chi connectivity index (χ4n) is 5.33. The summed E-state index contributed by atoms with van der Waals surface area (Å²) < 4.78 is 12.9. The Morgan fingerprint density at radius 1 is 1.21 bits per heavy atom. The fourth-order valence-corrected chi connectivity index (χ4v) is 7.39. The van der Waals surface area contributed by atoms with E-state index in [9.17, 15) is 4.79 Å². The van der Waals surface area contributed by atoms with Crippen LogP contribution in [0.5, 0.6) is 0 Å².